The van der Waals surface area contributed by atoms with Crippen molar-refractivity contribution in [1.82, 2.24) is 0 Å². The summed E-state index contributed by atoms with van der Waals surface area (Å²) >= 11 is 0. The minimum atomic E-state index is -0.711. The molecule has 0 spiro atoms. The standard InChI is InChI=1S/C9H12O3/c10-8-4-5-1-2-6(8)3-7(5)9(11)12/h5-7H,1-4H2,(H,11,12)/t5-,6-,7-/m1/s1. The number of carboxylic acid groups (broad SMARTS) is 1. The minimum Gasteiger partial charge on any atom is -0.481 e. The van der Waals surface area contributed by atoms with E-state index in [2.05, 4.69) is 0 Å². The highest BCUT2D eigenvalue weighted by Crippen LogP contribution is 2.42. The monoisotopic (exact) mass is 168 g/mol. The lowest BCUT2D eigenvalue weighted by Crippen LogP contribution is -2.41. The molecule has 0 aliphatic heterocycles. The molecule has 3 saturated carbocycles. The first-order valence-electron chi connectivity index (χ1n) is 4.44. The van der Waals surface area contributed by atoms with Gasteiger partial charge < -0.3 is 5.11 Å². The first-order chi connectivity index (χ1) is 5.68. The Morgan fingerprint density at radius 3 is 2.58 bits per heavy atom. The van der Waals surface area contributed by atoms with Crippen LogP contribution in [0.25, 0.3) is 0 Å². The molecule has 12 heavy (non-hydrogen) atoms. The van der Waals surface area contributed by atoms with E-state index in [1.165, 1.54) is 0 Å². The van der Waals surface area contributed by atoms with Crippen LogP contribution in [0.5, 0.6) is 0 Å². The topological polar surface area (TPSA) is 54.4 Å². The Hall–Kier alpha value is -0.860. The van der Waals surface area contributed by atoms with Gasteiger partial charge in [0.15, 0.2) is 0 Å². The van der Waals surface area contributed by atoms with Crippen LogP contribution in [0.1, 0.15) is 25.7 Å². The number of rotatable bonds is 1. The zero-order valence-electron chi connectivity index (χ0n) is 6.82. The first kappa shape index (κ1) is 7.77. The molecule has 3 rings (SSSR count). The lowest BCUT2D eigenvalue weighted by Gasteiger charge is -2.38. The van der Waals surface area contributed by atoms with Crippen molar-refractivity contribution in [3.8, 4) is 0 Å². The molecule has 0 heterocycles. The Kier molecular flexibility index (Phi) is 1.67. The minimum absolute atomic E-state index is 0.0658. The van der Waals surface area contributed by atoms with Crippen molar-refractivity contribution in [2.24, 2.45) is 17.8 Å². The number of hydrogen-bond acceptors (Lipinski definition) is 2. The Balaban J connectivity index is 2.15. The number of fused-ring (bicyclic) bond motifs is 3. The number of hydrogen-bond donors (Lipinski definition) is 1. The molecule has 0 amide bonds. The van der Waals surface area contributed by atoms with Crippen molar-refractivity contribution in [2.45, 2.75) is 25.7 Å². The van der Waals surface area contributed by atoms with Crippen LogP contribution in [-0.4, -0.2) is 16.9 Å². The van der Waals surface area contributed by atoms with E-state index >= 15 is 0 Å². The fourth-order valence-electron chi connectivity index (χ4n) is 2.50. The average molecular weight is 168 g/mol. The second-order valence-electron chi connectivity index (χ2n) is 3.89. The molecule has 0 aromatic heterocycles. The lowest BCUT2D eigenvalue weighted by molar-refractivity contribution is -0.150. The van der Waals surface area contributed by atoms with E-state index in [0.29, 0.717) is 18.6 Å². The Morgan fingerprint density at radius 2 is 2.17 bits per heavy atom. The summed E-state index contributed by atoms with van der Waals surface area (Å²) in [6.07, 6.45) is 2.97. The van der Waals surface area contributed by atoms with E-state index in [-0.39, 0.29) is 17.8 Å². The van der Waals surface area contributed by atoms with Crippen LogP contribution < -0.4 is 0 Å². The summed E-state index contributed by atoms with van der Waals surface area (Å²) in [5.74, 6) is -0.446. The molecular formula is C9H12O3. The quantitative estimate of drug-likeness (QED) is 0.637. The summed E-state index contributed by atoms with van der Waals surface area (Å²) in [5, 5.41) is 8.84. The van der Waals surface area contributed by atoms with Crippen molar-refractivity contribution in [3.63, 3.8) is 0 Å². The van der Waals surface area contributed by atoms with Crippen LogP contribution in [0.15, 0.2) is 0 Å². The van der Waals surface area contributed by atoms with E-state index in [1.54, 1.807) is 0 Å². The molecule has 0 unspecified atom stereocenters. The van der Waals surface area contributed by atoms with E-state index in [1.807, 2.05) is 0 Å². The maximum atomic E-state index is 11.2. The van der Waals surface area contributed by atoms with Gasteiger partial charge in [-0.2, -0.15) is 0 Å². The van der Waals surface area contributed by atoms with Crippen LogP contribution >= 0.6 is 0 Å². The predicted molar refractivity (Wildman–Crippen MR) is 41.6 cm³/mol. The number of ketones is 1. The largest absolute Gasteiger partial charge is 0.481 e. The predicted octanol–water partition coefficient (Wildman–Crippen LogP) is 1.08. The number of Topliss-reactive ketones (excluding diaryl/α,β-unsaturated/α-hetero) is 1. The third-order valence-corrected chi connectivity index (χ3v) is 3.23. The molecule has 66 valence electrons. The van der Waals surface area contributed by atoms with Gasteiger partial charge in [0, 0.05) is 12.3 Å². The van der Waals surface area contributed by atoms with Crippen LogP contribution in [0.3, 0.4) is 0 Å². The van der Waals surface area contributed by atoms with E-state index in [0.717, 1.165) is 12.8 Å². The molecule has 3 nitrogen and oxygen atoms in total. The van der Waals surface area contributed by atoms with Gasteiger partial charge in [0.05, 0.1) is 5.92 Å². The van der Waals surface area contributed by atoms with E-state index in [9.17, 15) is 9.59 Å². The Labute approximate surface area is 70.8 Å². The molecule has 1 N–H and O–H groups in total. The van der Waals surface area contributed by atoms with Crippen molar-refractivity contribution >= 4 is 11.8 Å². The van der Waals surface area contributed by atoms with Gasteiger partial charge in [0.25, 0.3) is 0 Å². The molecule has 3 atom stereocenters. The fraction of sp³-hybridized carbons (Fsp3) is 0.778. The van der Waals surface area contributed by atoms with Crippen LogP contribution in [-0.2, 0) is 9.59 Å². The van der Waals surface area contributed by atoms with E-state index in [4.69, 9.17) is 5.11 Å². The average Bonchev–Trinajstić information content (AvgIpc) is 2.04. The Bertz CT molecular complexity index is 234. The molecule has 0 aromatic carbocycles. The lowest BCUT2D eigenvalue weighted by atomic mass is 9.64. The van der Waals surface area contributed by atoms with Crippen molar-refractivity contribution in [2.75, 3.05) is 0 Å². The maximum Gasteiger partial charge on any atom is 0.306 e. The fourth-order valence-corrected chi connectivity index (χ4v) is 2.50. The highest BCUT2D eigenvalue weighted by molar-refractivity contribution is 5.85. The molecular weight excluding hydrogens is 156 g/mol. The highest BCUT2D eigenvalue weighted by atomic mass is 16.4. The number of carbonyl (C=O) groups is 2. The van der Waals surface area contributed by atoms with Crippen LogP contribution in [0.2, 0.25) is 0 Å². The highest BCUT2D eigenvalue weighted by Gasteiger charge is 2.43. The summed E-state index contributed by atoms with van der Waals surface area (Å²) in [4.78, 5) is 22.0. The summed E-state index contributed by atoms with van der Waals surface area (Å²) in [7, 11) is 0. The van der Waals surface area contributed by atoms with E-state index < -0.39 is 5.97 Å². The molecule has 0 aromatic rings. The van der Waals surface area contributed by atoms with Crippen molar-refractivity contribution in [1.29, 1.82) is 0 Å². The second-order valence-corrected chi connectivity index (χ2v) is 3.89. The maximum absolute atomic E-state index is 11.2. The van der Waals surface area contributed by atoms with Crippen LogP contribution in [0.4, 0.5) is 0 Å². The third kappa shape index (κ3) is 1.04. The molecule has 0 saturated heterocycles. The Morgan fingerprint density at radius 1 is 1.42 bits per heavy atom. The van der Waals surface area contributed by atoms with Gasteiger partial charge in [0.2, 0.25) is 0 Å². The molecule has 3 aliphatic carbocycles. The normalized spacial score (nSPS) is 40.0. The summed E-state index contributed by atoms with van der Waals surface area (Å²) in [6.45, 7) is 0. The van der Waals surface area contributed by atoms with Crippen LogP contribution in [0, 0.1) is 17.8 Å². The molecule has 3 aliphatic rings. The third-order valence-electron chi connectivity index (χ3n) is 3.23. The summed E-state index contributed by atoms with van der Waals surface area (Å²) < 4.78 is 0. The van der Waals surface area contributed by atoms with Crippen molar-refractivity contribution < 1.29 is 14.7 Å². The number of carboxylic acids is 1. The SMILES string of the molecule is O=C1C[C@H]2CC[C@@H]1C[C@H]2C(=O)O. The number of carbonyl (C=O) groups excluding carboxylic acids is 1. The van der Waals surface area contributed by atoms with Gasteiger partial charge in [-0.25, -0.2) is 0 Å². The van der Waals surface area contributed by atoms with Gasteiger partial charge in [-0.1, -0.05) is 0 Å². The van der Waals surface area contributed by atoms with Gasteiger partial charge in [-0.05, 0) is 25.2 Å². The zero-order chi connectivity index (χ0) is 8.72. The summed E-state index contributed by atoms with van der Waals surface area (Å²) in [5.41, 5.74) is 0. The van der Waals surface area contributed by atoms with Gasteiger partial charge in [-0.3, -0.25) is 9.59 Å². The molecule has 2 bridgehead atoms. The van der Waals surface area contributed by atoms with Gasteiger partial charge >= 0.3 is 5.97 Å². The zero-order valence-corrected chi connectivity index (χ0v) is 6.82. The number of aliphatic carboxylic acids is 1. The molecule has 3 heteroatoms. The molecule has 3 fully saturated rings. The summed E-state index contributed by atoms with van der Waals surface area (Å²) in [6, 6.07) is 0. The molecule has 0 radical (unpaired) electrons. The van der Waals surface area contributed by atoms with Gasteiger partial charge in [-0.15, -0.1) is 0 Å². The smallest absolute Gasteiger partial charge is 0.306 e. The second kappa shape index (κ2) is 2.57. The first-order valence-corrected chi connectivity index (χ1v) is 4.44. The van der Waals surface area contributed by atoms with Gasteiger partial charge in [0.1, 0.15) is 5.78 Å². The van der Waals surface area contributed by atoms with Crippen molar-refractivity contribution in [3.05, 3.63) is 0 Å².